The lowest BCUT2D eigenvalue weighted by molar-refractivity contribution is -0.126. The molecule has 1 aliphatic rings. The molecule has 4 heterocycles. The molecule has 8 heteroatoms. The Morgan fingerprint density at radius 2 is 2.10 bits per heavy atom. The number of pyridine rings is 1. The summed E-state index contributed by atoms with van der Waals surface area (Å²) in [4.78, 5) is 31.8. The summed E-state index contributed by atoms with van der Waals surface area (Å²) in [7, 11) is 0. The number of aryl methyl sites for hydroxylation is 1. The molecule has 3 aromatic heterocycles. The van der Waals surface area contributed by atoms with E-state index in [4.69, 9.17) is 8.94 Å². The Hall–Kier alpha value is -3.16. The molecule has 1 fully saturated rings. The van der Waals surface area contributed by atoms with E-state index in [-0.39, 0.29) is 17.7 Å². The smallest absolute Gasteiger partial charge is 0.259 e. The van der Waals surface area contributed by atoms with Crippen molar-refractivity contribution in [3.8, 4) is 11.5 Å². The van der Waals surface area contributed by atoms with Gasteiger partial charge in [-0.25, -0.2) is 4.98 Å². The molecule has 0 aliphatic carbocycles. The normalized spacial score (nSPS) is 15.0. The predicted molar refractivity (Wildman–Crippen MR) is 106 cm³/mol. The van der Waals surface area contributed by atoms with Crippen molar-refractivity contribution in [2.24, 2.45) is 5.92 Å². The van der Waals surface area contributed by atoms with Crippen molar-refractivity contribution in [3.05, 3.63) is 35.7 Å². The number of likely N-dealkylation sites (tertiary alicyclic amines) is 1. The number of nitrogens with one attached hydrogen (secondary N) is 1. The Morgan fingerprint density at radius 1 is 1.31 bits per heavy atom. The van der Waals surface area contributed by atoms with Crippen LogP contribution in [-0.2, 0) is 4.79 Å². The summed E-state index contributed by atoms with van der Waals surface area (Å²) in [5.41, 5.74) is 1.95. The Kier molecular flexibility index (Phi) is 5.33. The highest BCUT2D eigenvalue weighted by Crippen LogP contribution is 2.29. The van der Waals surface area contributed by atoms with Crippen LogP contribution >= 0.6 is 0 Å². The van der Waals surface area contributed by atoms with Crippen LogP contribution < -0.4 is 5.32 Å². The fraction of sp³-hybridized carbons (Fsp3) is 0.429. The van der Waals surface area contributed by atoms with Crippen LogP contribution in [0.4, 0.5) is 0 Å². The number of nitrogens with zero attached hydrogens (tertiary/aromatic N) is 3. The van der Waals surface area contributed by atoms with Crippen molar-refractivity contribution < 1.29 is 18.5 Å². The largest absolute Gasteiger partial charge is 0.463 e. The summed E-state index contributed by atoms with van der Waals surface area (Å²) in [5, 5.41) is 7.54. The maximum absolute atomic E-state index is 13.3. The Morgan fingerprint density at radius 3 is 2.79 bits per heavy atom. The maximum atomic E-state index is 13.3. The number of carbonyl (C=O) groups excluding carboxylic acids is 2. The molecule has 152 valence electrons. The van der Waals surface area contributed by atoms with Crippen LogP contribution in [0.5, 0.6) is 0 Å². The lowest BCUT2D eigenvalue weighted by Gasteiger charge is -2.31. The number of aromatic nitrogens is 2. The Balaban J connectivity index is 1.57. The maximum Gasteiger partial charge on any atom is 0.259 e. The van der Waals surface area contributed by atoms with E-state index >= 15 is 0 Å². The van der Waals surface area contributed by atoms with Gasteiger partial charge in [-0.15, -0.1) is 0 Å². The molecule has 3 aromatic rings. The van der Waals surface area contributed by atoms with E-state index in [1.807, 2.05) is 6.92 Å². The number of amides is 2. The number of carbonyl (C=O) groups is 2. The van der Waals surface area contributed by atoms with Gasteiger partial charge in [0.05, 0.1) is 22.9 Å². The first-order chi connectivity index (χ1) is 14.1. The van der Waals surface area contributed by atoms with Gasteiger partial charge in [-0.2, -0.15) is 0 Å². The number of piperidine rings is 1. The first-order valence-corrected chi connectivity index (χ1v) is 9.96. The molecule has 1 saturated heterocycles. The second-order valence-corrected chi connectivity index (χ2v) is 7.34. The molecule has 2 amide bonds. The van der Waals surface area contributed by atoms with E-state index in [1.165, 1.54) is 0 Å². The first-order valence-electron chi connectivity index (χ1n) is 9.96. The van der Waals surface area contributed by atoms with Crippen LogP contribution in [-0.4, -0.2) is 46.5 Å². The van der Waals surface area contributed by atoms with Gasteiger partial charge in [0.25, 0.3) is 11.6 Å². The quantitative estimate of drug-likeness (QED) is 0.711. The van der Waals surface area contributed by atoms with E-state index in [2.05, 4.69) is 15.5 Å². The summed E-state index contributed by atoms with van der Waals surface area (Å²) in [6.07, 6.45) is 3.78. The Bertz CT molecular complexity index is 1020. The molecule has 0 saturated carbocycles. The number of furan rings is 1. The summed E-state index contributed by atoms with van der Waals surface area (Å²) in [5.74, 6) is 0.490. The SMILES string of the molecule is CCCNC(=O)C1CCN(C(=O)c2cc(-c3ccco3)nc3onc(C)c23)CC1. The van der Waals surface area contributed by atoms with Crippen molar-refractivity contribution in [2.45, 2.75) is 33.1 Å². The van der Waals surface area contributed by atoms with E-state index in [1.54, 1.807) is 36.3 Å². The van der Waals surface area contributed by atoms with Crippen molar-refractivity contribution in [2.75, 3.05) is 19.6 Å². The summed E-state index contributed by atoms with van der Waals surface area (Å²) < 4.78 is 10.8. The average Bonchev–Trinajstić information content (AvgIpc) is 3.41. The lowest BCUT2D eigenvalue weighted by Crippen LogP contribution is -2.43. The summed E-state index contributed by atoms with van der Waals surface area (Å²) in [6.45, 7) is 5.58. The number of hydrogen-bond acceptors (Lipinski definition) is 6. The van der Waals surface area contributed by atoms with Gasteiger partial charge >= 0.3 is 0 Å². The fourth-order valence-electron chi connectivity index (χ4n) is 3.72. The van der Waals surface area contributed by atoms with Gasteiger partial charge in [-0.1, -0.05) is 12.1 Å². The van der Waals surface area contributed by atoms with Crippen molar-refractivity contribution in [1.29, 1.82) is 0 Å². The minimum absolute atomic E-state index is 0.0425. The van der Waals surface area contributed by atoms with E-state index in [9.17, 15) is 9.59 Å². The molecule has 8 nitrogen and oxygen atoms in total. The van der Waals surface area contributed by atoms with Crippen LogP contribution in [0.25, 0.3) is 22.6 Å². The zero-order chi connectivity index (χ0) is 20.4. The molecule has 4 rings (SSSR count). The highest BCUT2D eigenvalue weighted by Gasteiger charge is 2.30. The van der Waals surface area contributed by atoms with Gasteiger partial charge < -0.3 is 19.2 Å². The summed E-state index contributed by atoms with van der Waals surface area (Å²) >= 11 is 0. The number of rotatable bonds is 5. The third-order valence-electron chi connectivity index (χ3n) is 5.32. The molecular formula is C21H24N4O4. The minimum Gasteiger partial charge on any atom is -0.463 e. The standard InChI is InChI=1S/C21H24N4O4/c1-3-8-22-19(26)14-6-9-25(10-7-14)21(27)15-12-16(17-5-4-11-28-17)23-20-18(15)13(2)24-29-20/h4-5,11-12,14H,3,6-10H2,1-2H3,(H,22,26). The second-order valence-electron chi connectivity index (χ2n) is 7.34. The Labute approximate surface area is 168 Å². The van der Waals surface area contributed by atoms with Gasteiger partial charge in [-0.3, -0.25) is 9.59 Å². The average molecular weight is 396 g/mol. The van der Waals surface area contributed by atoms with Crippen LogP contribution in [0.15, 0.2) is 33.4 Å². The molecule has 1 aliphatic heterocycles. The zero-order valence-electron chi connectivity index (χ0n) is 16.6. The highest BCUT2D eigenvalue weighted by atomic mass is 16.5. The molecule has 0 unspecified atom stereocenters. The molecule has 0 bridgehead atoms. The fourth-order valence-corrected chi connectivity index (χ4v) is 3.72. The van der Waals surface area contributed by atoms with Gasteiger partial charge in [-0.05, 0) is 44.4 Å². The molecule has 0 radical (unpaired) electrons. The van der Waals surface area contributed by atoms with E-state index < -0.39 is 0 Å². The van der Waals surface area contributed by atoms with Crippen molar-refractivity contribution >= 4 is 22.9 Å². The predicted octanol–water partition coefficient (Wildman–Crippen LogP) is 3.17. The zero-order valence-corrected chi connectivity index (χ0v) is 16.6. The van der Waals surface area contributed by atoms with Gasteiger partial charge in [0.15, 0.2) is 5.76 Å². The monoisotopic (exact) mass is 396 g/mol. The number of hydrogen-bond donors (Lipinski definition) is 1. The second kappa shape index (κ2) is 8.06. The van der Waals surface area contributed by atoms with Crippen molar-refractivity contribution in [1.82, 2.24) is 20.4 Å². The molecule has 0 spiro atoms. The van der Waals surface area contributed by atoms with Gasteiger partial charge in [0.2, 0.25) is 5.91 Å². The van der Waals surface area contributed by atoms with Gasteiger partial charge in [0.1, 0.15) is 5.69 Å². The minimum atomic E-state index is -0.107. The van der Waals surface area contributed by atoms with Crippen LogP contribution in [0.1, 0.15) is 42.2 Å². The third kappa shape index (κ3) is 3.74. The topological polar surface area (TPSA) is 101 Å². The number of fused-ring (bicyclic) bond motifs is 1. The molecule has 29 heavy (non-hydrogen) atoms. The van der Waals surface area contributed by atoms with E-state index in [0.717, 1.165) is 6.42 Å². The van der Waals surface area contributed by atoms with E-state index in [0.29, 0.717) is 66.3 Å². The van der Waals surface area contributed by atoms with Gasteiger partial charge in [0, 0.05) is 25.6 Å². The summed E-state index contributed by atoms with van der Waals surface area (Å²) in [6, 6.07) is 5.28. The van der Waals surface area contributed by atoms with Crippen molar-refractivity contribution in [3.63, 3.8) is 0 Å². The third-order valence-corrected chi connectivity index (χ3v) is 5.32. The highest BCUT2D eigenvalue weighted by molar-refractivity contribution is 6.07. The molecule has 1 N–H and O–H groups in total. The molecule has 0 atom stereocenters. The molecule has 0 aromatic carbocycles. The van der Waals surface area contributed by atoms with Crippen LogP contribution in [0, 0.1) is 12.8 Å². The molecular weight excluding hydrogens is 372 g/mol. The van der Waals surface area contributed by atoms with Crippen LogP contribution in [0.3, 0.4) is 0 Å². The lowest BCUT2D eigenvalue weighted by atomic mass is 9.95. The van der Waals surface area contributed by atoms with Crippen LogP contribution in [0.2, 0.25) is 0 Å². The first kappa shape index (κ1) is 19.2.